The van der Waals surface area contributed by atoms with Gasteiger partial charge in [0.2, 0.25) is 0 Å². The van der Waals surface area contributed by atoms with Crippen molar-refractivity contribution in [2.75, 3.05) is 25.0 Å². The first-order chi connectivity index (χ1) is 13.2. The molecule has 5 nitrogen and oxygen atoms in total. The first kappa shape index (κ1) is 17.6. The van der Waals surface area contributed by atoms with Gasteiger partial charge in [0.1, 0.15) is 0 Å². The lowest BCUT2D eigenvalue weighted by Crippen LogP contribution is -2.42. The molecule has 0 bridgehead atoms. The third-order valence-electron chi connectivity index (χ3n) is 5.36. The van der Waals surface area contributed by atoms with Crippen LogP contribution in [0.1, 0.15) is 28.8 Å². The van der Waals surface area contributed by atoms with Crippen LogP contribution in [-0.2, 0) is 6.42 Å². The summed E-state index contributed by atoms with van der Waals surface area (Å²) in [5, 5.41) is 4.60. The topological polar surface area (TPSA) is 74.2 Å². The molecule has 1 aromatic heterocycles. The average Bonchev–Trinajstić information content (AvgIpc) is 3.14. The van der Waals surface area contributed by atoms with E-state index in [4.69, 9.17) is 5.73 Å². The van der Waals surface area contributed by atoms with E-state index in [2.05, 4.69) is 34.6 Å². The van der Waals surface area contributed by atoms with Gasteiger partial charge >= 0.3 is 0 Å². The van der Waals surface area contributed by atoms with Crippen LogP contribution < -0.4 is 11.1 Å². The van der Waals surface area contributed by atoms with Crippen molar-refractivity contribution >= 4 is 22.5 Å². The van der Waals surface area contributed by atoms with E-state index in [1.165, 1.54) is 5.56 Å². The van der Waals surface area contributed by atoms with Crippen LogP contribution in [0.4, 0.5) is 5.69 Å². The number of hydrogen-bond acceptors (Lipinski definition) is 3. The molecule has 0 unspecified atom stereocenters. The SMILES string of the molecule is NCCc1ccc(NC2CCN(C(=O)c3c[nH]c4ccccc34)CC2)cc1. The van der Waals surface area contributed by atoms with Gasteiger partial charge in [-0.05, 0) is 49.6 Å². The number of H-pyrrole nitrogens is 1. The van der Waals surface area contributed by atoms with Gasteiger partial charge in [0.15, 0.2) is 0 Å². The second-order valence-electron chi connectivity index (χ2n) is 7.19. The van der Waals surface area contributed by atoms with Crippen LogP contribution in [0.15, 0.2) is 54.7 Å². The molecule has 1 aliphatic heterocycles. The second kappa shape index (κ2) is 7.84. The van der Waals surface area contributed by atoms with E-state index in [9.17, 15) is 4.79 Å². The molecule has 2 aromatic carbocycles. The van der Waals surface area contributed by atoms with Crippen molar-refractivity contribution in [1.29, 1.82) is 0 Å². The smallest absolute Gasteiger partial charge is 0.256 e. The lowest BCUT2D eigenvalue weighted by Gasteiger charge is -2.33. The minimum atomic E-state index is 0.122. The Balaban J connectivity index is 1.35. The number of carbonyl (C=O) groups excluding carboxylic acids is 1. The highest BCUT2D eigenvalue weighted by atomic mass is 16.2. The zero-order valence-electron chi connectivity index (χ0n) is 15.4. The van der Waals surface area contributed by atoms with Crippen LogP contribution in [0.2, 0.25) is 0 Å². The molecule has 0 radical (unpaired) electrons. The quantitative estimate of drug-likeness (QED) is 0.651. The van der Waals surface area contributed by atoms with E-state index in [0.717, 1.165) is 54.5 Å². The lowest BCUT2D eigenvalue weighted by molar-refractivity contribution is 0.0720. The van der Waals surface area contributed by atoms with Crippen molar-refractivity contribution in [2.24, 2.45) is 5.73 Å². The molecule has 27 heavy (non-hydrogen) atoms. The fraction of sp³-hybridized carbons (Fsp3) is 0.318. The van der Waals surface area contributed by atoms with Gasteiger partial charge in [0, 0.05) is 41.9 Å². The molecule has 1 saturated heterocycles. The molecular formula is C22H26N4O. The molecular weight excluding hydrogens is 336 g/mol. The fourth-order valence-corrected chi connectivity index (χ4v) is 3.82. The Labute approximate surface area is 159 Å². The number of nitrogens with two attached hydrogens (primary N) is 1. The summed E-state index contributed by atoms with van der Waals surface area (Å²) >= 11 is 0. The standard InChI is InChI=1S/C22H26N4O/c23-12-9-16-5-7-17(8-6-16)25-18-10-13-26(14-11-18)22(27)20-15-24-21-4-2-1-3-19(20)21/h1-8,15,18,24-25H,9-14,23H2. The number of nitrogens with zero attached hydrogens (tertiary/aromatic N) is 1. The molecule has 4 N–H and O–H groups in total. The maximum absolute atomic E-state index is 12.9. The van der Waals surface area contributed by atoms with Crippen LogP contribution in [0.3, 0.4) is 0 Å². The number of fused-ring (bicyclic) bond motifs is 1. The summed E-state index contributed by atoms with van der Waals surface area (Å²) in [7, 11) is 0. The van der Waals surface area contributed by atoms with E-state index in [1.807, 2.05) is 35.4 Å². The number of para-hydroxylation sites is 1. The van der Waals surface area contributed by atoms with E-state index in [0.29, 0.717) is 12.6 Å². The van der Waals surface area contributed by atoms with E-state index >= 15 is 0 Å². The zero-order valence-corrected chi connectivity index (χ0v) is 15.4. The van der Waals surface area contributed by atoms with Crippen LogP contribution in [0, 0.1) is 0 Å². The second-order valence-corrected chi connectivity index (χ2v) is 7.19. The van der Waals surface area contributed by atoms with Crippen LogP contribution >= 0.6 is 0 Å². The van der Waals surface area contributed by atoms with Crippen LogP contribution in [0.25, 0.3) is 10.9 Å². The van der Waals surface area contributed by atoms with Crippen molar-refractivity contribution in [3.05, 3.63) is 65.9 Å². The molecule has 1 fully saturated rings. The maximum Gasteiger partial charge on any atom is 0.256 e. The number of rotatable bonds is 5. The average molecular weight is 362 g/mol. The van der Waals surface area contributed by atoms with Gasteiger partial charge in [0.25, 0.3) is 5.91 Å². The van der Waals surface area contributed by atoms with Gasteiger partial charge in [-0.3, -0.25) is 4.79 Å². The van der Waals surface area contributed by atoms with Gasteiger partial charge in [-0.15, -0.1) is 0 Å². The summed E-state index contributed by atoms with van der Waals surface area (Å²) in [5.74, 6) is 0.122. The Kier molecular flexibility index (Phi) is 5.12. The minimum Gasteiger partial charge on any atom is -0.382 e. The normalized spacial score (nSPS) is 15.2. The molecule has 0 atom stereocenters. The molecule has 5 heteroatoms. The molecule has 0 aliphatic carbocycles. The summed E-state index contributed by atoms with van der Waals surface area (Å²) in [6.07, 6.45) is 4.66. The van der Waals surface area contributed by atoms with E-state index < -0.39 is 0 Å². The summed E-state index contributed by atoms with van der Waals surface area (Å²) in [4.78, 5) is 18.1. The highest BCUT2D eigenvalue weighted by Crippen LogP contribution is 2.23. The molecule has 1 amide bonds. The van der Waals surface area contributed by atoms with Crippen LogP contribution in [-0.4, -0.2) is 41.5 Å². The molecule has 0 spiro atoms. The summed E-state index contributed by atoms with van der Waals surface area (Å²) in [5.41, 5.74) is 9.78. The third-order valence-corrected chi connectivity index (χ3v) is 5.36. The predicted octanol–water partition coefficient (Wildman–Crippen LogP) is 3.39. The first-order valence-electron chi connectivity index (χ1n) is 9.65. The number of likely N-dealkylation sites (tertiary alicyclic amines) is 1. The maximum atomic E-state index is 12.9. The zero-order chi connectivity index (χ0) is 18.6. The molecule has 1 aliphatic rings. The van der Waals surface area contributed by atoms with E-state index in [-0.39, 0.29) is 5.91 Å². The Morgan fingerprint density at radius 2 is 1.85 bits per heavy atom. The molecule has 4 rings (SSSR count). The number of carbonyl (C=O) groups is 1. The summed E-state index contributed by atoms with van der Waals surface area (Å²) in [6, 6.07) is 16.9. The number of benzene rings is 2. The number of aromatic amines is 1. The third kappa shape index (κ3) is 3.83. The lowest BCUT2D eigenvalue weighted by atomic mass is 10.0. The van der Waals surface area contributed by atoms with Crippen LogP contribution in [0.5, 0.6) is 0 Å². The Morgan fingerprint density at radius 3 is 2.59 bits per heavy atom. The van der Waals surface area contributed by atoms with Crippen molar-refractivity contribution in [3.8, 4) is 0 Å². The van der Waals surface area contributed by atoms with Gasteiger partial charge in [0.05, 0.1) is 5.56 Å². The molecule has 140 valence electrons. The number of anilines is 1. The highest BCUT2D eigenvalue weighted by molar-refractivity contribution is 6.06. The van der Waals surface area contributed by atoms with Crippen molar-refractivity contribution in [3.63, 3.8) is 0 Å². The van der Waals surface area contributed by atoms with Crippen molar-refractivity contribution in [2.45, 2.75) is 25.3 Å². The number of hydrogen-bond donors (Lipinski definition) is 3. The first-order valence-corrected chi connectivity index (χ1v) is 9.65. The van der Waals surface area contributed by atoms with E-state index in [1.54, 1.807) is 0 Å². The predicted molar refractivity (Wildman–Crippen MR) is 110 cm³/mol. The number of piperidine rings is 1. The Morgan fingerprint density at radius 1 is 1.11 bits per heavy atom. The minimum absolute atomic E-state index is 0.122. The monoisotopic (exact) mass is 362 g/mol. The number of nitrogens with one attached hydrogen (secondary N) is 2. The number of aromatic nitrogens is 1. The Bertz CT molecular complexity index is 907. The van der Waals surface area contributed by atoms with Gasteiger partial charge in [-0.2, -0.15) is 0 Å². The molecule has 3 aromatic rings. The Hall–Kier alpha value is -2.79. The summed E-state index contributed by atoms with van der Waals surface area (Å²) < 4.78 is 0. The number of amides is 1. The van der Waals surface area contributed by atoms with Crippen molar-refractivity contribution < 1.29 is 4.79 Å². The fourth-order valence-electron chi connectivity index (χ4n) is 3.82. The largest absolute Gasteiger partial charge is 0.382 e. The van der Waals surface area contributed by atoms with Crippen molar-refractivity contribution in [1.82, 2.24) is 9.88 Å². The summed E-state index contributed by atoms with van der Waals surface area (Å²) in [6.45, 7) is 2.23. The van der Waals surface area contributed by atoms with Gasteiger partial charge < -0.3 is 20.9 Å². The van der Waals surface area contributed by atoms with Gasteiger partial charge in [-0.1, -0.05) is 30.3 Å². The van der Waals surface area contributed by atoms with Gasteiger partial charge in [-0.25, -0.2) is 0 Å². The molecule has 2 heterocycles. The highest BCUT2D eigenvalue weighted by Gasteiger charge is 2.25. The molecule has 0 saturated carbocycles.